The van der Waals surface area contributed by atoms with Crippen LogP contribution >= 0.6 is 0 Å². The minimum atomic E-state index is 0.325. The van der Waals surface area contributed by atoms with Gasteiger partial charge in [0, 0.05) is 18.5 Å². The van der Waals surface area contributed by atoms with E-state index in [0.717, 1.165) is 25.3 Å². The van der Waals surface area contributed by atoms with Crippen LogP contribution in [0.1, 0.15) is 65.2 Å². The van der Waals surface area contributed by atoms with Crippen LogP contribution < -0.4 is 5.32 Å². The predicted molar refractivity (Wildman–Crippen MR) is 75.1 cm³/mol. The van der Waals surface area contributed by atoms with Crippen molar-refractivity contribution in [1.29, 1.82) is 5.26 Å². The minimum Gasteiger partial charge on any atom is -0.313 e. The van der Waals surface area contributed by atoms with Crippen molar-refractivity contribution in [2.75, 3.05) is 6.54 Å². The smallest absolute Gasteiger partial charge is 0.0655 e. The van der Waals surface area contributed by atoms with Crippen molar-refractivity contribution >= 4 is 0 Å². The summed E-state index contributed by atoms with van der Waals surface area (Å²) < 4.78 is 0. The number of nitriles is 1. The molecule has 2 nitrogen and oxygen atoms in total. The van der Waals surface area contributed by atoms with Crippen molar-refractivity contribution in [2.24, 2.45) is 17.3 Å². The van der Waals surface area contributed by atoms with Crippen LogP contribution in [-0.4, -0.2) is 12.6 Å². The predicted octanol–water partition coefficient (Wildman–Crippen LogP) is 3.87. The van der Waals surface area contributed by atoms with Gasteiger partial charge >= 0.3 is 0 Å². The zero-order chi connectivity index (χ0) is 13.0. The molecule has 102 valence electrons. The summed E-state index contributed by atoms with van der Waals surface area (Å²) in [6.45, 7) is 6.01. The second-order valence-electron chi connectivity index (χ2n) is 7.03. The van der Waals surface area contributed by atoms with E-state index in [1.807, 2.05) is 0 Å². The molecule has 0 saturated heterocycles. The van der Waals surface area contributed by atoms with Gasteiger partial charge in [-0.1, -0.05) is 26.7 Å². The lowest BCUT2D eigenvalue weighted by Gasteiger charge is -2.35. The Balaban J connectivity index is 1.72. The van der Waals surface area contributed by atoms with Gasteiger partial charge in [-0.3, -0.25) is 0 Å². The van der Waals surface area contributed by atoms with E-state index < -0.39 is 0 Å². The second-order valence-corrected chi connectivity index (χ2v) is 7.03. The molecule has 2 rings (SSSR count). The number of hydrogen-bond donors (Lipinski definition) is 1. The standard InChI is InChI=1S/C16H28N2/c1-16(2,14-5-3-4-6-14)12-18-15-9-7-13(11-17)8-10-15/h13-15,18H,3-10,12H2,1-2H3. The third kappa shape index (κ3) is 3.48. The second kappa shape index (κ2) is 6.06. The summed E-state index contributed by atoms with van der Waals surface area (Å²) >= 11 is 0. The van der Waals surface area contributed by atoms with E-state index in [0.29, 0.717) is 17.4 Å². The Morgan fingerprint density at radius 3 is 2.22 bits per heavy atom. The Morgan fingerprint density at radius 2 is 1.67 bits per heavy atom. The fraction of sp³-hybridized carbons (Fsp3) is 0.938. The molecule has 1 N–H and O–H groups in total. The number of nitrogens with one attached hydrogen (secondary N) is 1. The summed E-state index contributed by atoms with van der Waals surface area (Å²) in [5.74, 6) is 1.24. The van der Waals surface area contributed by atoms with Gasteiger partial charge in [0.1, 0.15) is 0 Å². The lowest BCUT2D eigenvalue weighted by molar-refractivity contribution is 0.189. The van der Waals surface area contributed by atoms with E-state index in [4.69, 9.17) is 5.26 Å². The van der Waals surface area contributed by atoms with Crippen molar-refractivity contribution in [3.63, 3.8) is 0 Å². The number of rotatable bonds is 4. The lowest BCUT2D eigenvalue weighted by atomic mass is 9.77. The molecule has 0 spiro atoms. The fourth-order valence-electron chi connectivity index (χ4n) is 3.69. The molecule has 2 fully saturated rings. The maximum Gasteiger partial charge on any atom is 0.0655 e. The van der Waals surface area contributed by atoms with E-state index in [1.54, 1.807) is 0 Å². The van der Waals surface area contributed by atoms with Crippen molar-refractivity contribution < 1.29 is 0 Å². The molecule has 0 radical (unpaired) electrons. The van der Waals surface area contributed by atoms with Crippen molar-refractivity contribution in [3.8, 4) is 6.07 Å². The summed E-state index contributed by atoms with van der Waals surface area (Å²) in [4.78, 5) is 0. The maximum absolute atomic E-state index is 8.91. The normalized spacial score (nSPS) is 30.3. The summed E-state index contributed by atoms with van der Waals surface area (Å²) in [5.41, 5.74) is 0.447. The molecule has 2 heteroatoms. The molecular weight excluding hydrogens is 220 g/mol. The lowest BCUT2D eigenvalue weighted by Crippen LogP contribution is -2.41. The topological polar surface area (TPSA) is 35.8 Å². The molecule has 0 heterocycles. The van der Waals surface area contributed by atoms with Crippen LogP contribution in [0.2, 0.25) is 0 Å². The molecule has 2 aliphatic rings. The monoisotopic (exact) mass is 248 g/mol. The van der Waals surface area contributed by atoms with Crippen LogP contribution in [0.3, 0.4) is 0 Å². The van der Waals surface area contributed by atoms with Gasteiger partial charge in [0.15, 0.2) is 0 Å². The molecule has 18 heavy (non-hydrogen) atoms. The maximum atomic E-state index is 8.91. The van der Waals surface area contributed by atoms with E-state index >= 15 is 0 Å². The number of hydrogen-bond acceptors (Lipinski definition) is 2. The first-order valence-corrected chi connectivity index (χ1v) is 7.75. The van der Waals surface area contributed by atoms with Gasteiger partial charge in [0.2, 0.25) is 0 Å². The zero-order valence-corrected chi connectivity index (χ0v) is 12.0. The molecular formula is C16H28N2. The highest BCUT2D eigenvalue weighted by Gasteiger charge is 2.32. The Bertz CT molecular complexity index is 289. The zero-order valence-electron chi connectivity index (χ0n) is 12.0. The quantitative estimate of drug-likeness (QED) is 0.819. The largest absolute Gasteiger partial charge is 0.313 e. The van der Waals surface area contributed by atoms with Crippen molar-refractivity contribution in [3.05, 3.63) is 0 Å². The fourth-order valence-corrected chi connectivity index (χ4v) is 3.69. The SMILES string of the molecule is CC(C)(CNC1CCC(C#N)CC1)C1CCCC1. The Labute approximate surface area is 112 Å². The first-order valence-electron chi connectivity index (χ1n) is 7.75. The van der Waals surface area contributed by atoms with E-state index in [2.05, 4.69) is 25.2 Å². The molecule has 0 amide bonds. The highest BCUT2D eigenvalue weighted by atomic mass is 14.9. The highest BCUT2D eigenvalue weighted by Crippen LogP contribution is 2.39. The third-order valence-electron chi connectivity index (χ3n) is 5.22. The molecule has 0 bridgehead atoms. The van der Waals surface area contributed by atoms with Gasteiger partial charge in [-0.15, -0.1) is 0 Å². The van der Waals surface area contributed by atoms with Crippen molar-refractivity contribution in [1.82, 2.24) is 5.32 Å². The average Bonchev–Trinajstić information content (AvgIpc) is 2.92. The molecule has 0 aromatic carbocycles. The molecule has 2 aliphatic carbocycles. The molecule has 0 aromatic rings. The van der Waals surface area contributed by atoms with Crippen LogP contribution in [0.5, 0.6) is 0 Å². The molecule has 0 unspecified atom stereocenters. The van der Waals surface area contributed by atoms with Gasteiger partial charge in [-0.25, -0.2) is 0 Å². The van der Waals surface area contributed by atoms with Crippen LogP contribution in [0.15, 0.2) is 0 Å². The van der Waals surface area contributed by atoms with Gasteiger partial charge < -0.3 is 5.32 Å². The van der Waals surface area contributed by atoms with Gasteiger partial charge in [-0.05, 0) is 49.9 Å². The summed E-state index contributed by atoms with van der Waals surface area (Å²) in [7, 11) is 0. The van der Waals surface area contributed by atoms with Crippen LogP contribution in [0.25, 0.3) is 0 Å². The Kier molecular flexibility index (Phi) is 4.67. The molecule has 0 atom stereocenters. The third-order valence-corrected chi connectivity index (χ3v) is 5.22. The van der Waals surface area contributed by atoms with Gasteiger partial charge in [0.05, 0.1) is 6.07 Å². The molecule has 0 aliphatic heterocycles. The minimum absolute atomic E-state index is 0.325. The summed E-state index contributed by atoms with van der Waals surface area (Å²) in [6.07, 6.45) is 10.3. The van der Waals surface area contributed by atoms with E-state index in [-0.39, 0.29) is 0 Å². The molecule has 0 aromatic heterocycles. The van der Waals surface area contributed by atoms with Gasteiger partial charge in [0.25, 0.3) is 0 Å². The van der Waals surface area contributed by atoms with Gasteiger partial charge in [-0.2, -0.15) is 5.26 Å². The summed E-state index contributed by atoms with van der Waals surface area (Å²) in [6, 6.07) is 3.08. The van der Waals surface area contributed by atoms with Crippen LogP contribution in [0, 0.1) is 28.6 Å². The van der Waals surface area contributed by atoms with Crippen LogP contribution in [-0.2, 0) is 0 Å². The molecule has 2 saturated carbocycles. The average molecular weight is 248 g/mol. The summed E-state index contributed by atoms with van der Waals surface area (Å²) in [5, 5.41) is 12.7. The van der Waals surface area contributed by atoms with E-state index in [1.165, 1.54) is 38.5 Å². The van der Waals surface area contributed by atoms with Crippen LogP contribution in [0.4, 0.5) is 0 Å². The first-order chi connectivity index (χ1) is 8.62. The Morgan fingerprint density at radius 1 is 1.06 bits per heavy atom. The Hall–Kier alpha value is -0.550. The number of nitrogens with zero attached hydrogens (tertiary/aromatic N) is 1. The first kappa shape index (κ1) is 13.9. The van der Waals surface area contributed by atoms with Crippen molar-refractivity contribution in [2.45, 2.75) is 71.3 Å². The highest BCUT2D eigenvalue weighted by molar-refractivity contribution is 4.90. The van der Waals surface area contributed by atoms with E-state index in [9.17, 15) is 0 Å².